The van der Waals surface area contributed by atoms with Crippen LogP contribution in [0.25, 0.3) is 0 Å². The number of hydrogen-bond acceptors (Lipinski definition) is 3. The predicted octanol–water partition coefficient (Wildman–Crippen LogP) is 1.08. The van der Waals surface area contributed by atoms with Gasteiger partial charge >= 0.3 is 0 Å². The van der Waals surface area contributed by atoms with Gasteiger partial charge in [-0.15, -0.1) is 37.9 Å². The zero-order chi connectivity index (χ0) is 12.3. The van der Waals surface area contributed by atoms with Crippen molar-refractivity contribution in [3.05, 3.63) is 0 Å². The smallest absolute Gasteiger partial charge is 0.132 e. The number of thiocarbonyl (C=S) groups is 3. The third-order valence-corrected chi connectivity index (χ3v) is 1.15. The van der Waals surface area contributed by atoms with Crippen LogP contribution >= 0.6 is 74.5 Å². The summed E-state index contributed by atoms with van der Waals surface area (Å²) in [7, 11) is 3.71. The standard InChI is InChI=1S/C3H7NS2.2CH3NS2/c1-4(2)3(5)6;2*2-1(3)4/h1-2H3,(H,5,6);2*(H3,2,3,4). The van der Waals surface area contributed by atoms with Gasteiger partial charge in [0.1, 0.15) is 13.0 Å². The largest absolute Gasteiger partial charge is 0.385 e. The highest BCUT2D eigenvalue weighted by atomic mass is 32.1. The second-order valence-electron chi connectivity index (χ2n) is 1.85. The topological polar surface area (TPSA) is 55.3 Å². The predicted molar refractivity (Wildman–Crippen MR) is 86.8 cm³/mol. The molecule has 0 saturated carbocycles. The van der Waals surface area contributed by atoms with E-state index in [0.29, 0.717) is 4.32 Å². The molecular formula is C5H13N3S6. The van der Waals surface area contributed by atoms with Crippen LogP contribution in [0.3, 0.4) is 0 Å². The molecule has 0 amide bonds. The van der Waals surface area contributed by atoms with Gasteiger partial charge in [-0.25, -0.2) is 0 Å². The number of hydrogen-bond donors (Lipinski definition) is 5. The zero-order valence-corrected chi connectivity index (χ0v) is 12.8. The van der Waals surface area contributed by atoms with Crippen LogP contribution in [0.4, 0.5) is 0 Å². The second-order valence-corrected chi connectivity index (χ2v) is 5.41. The number of nitrogens with two attached hydrogens (primary N) is 2. The Bertz CT molecular complexity index is 172. The summed E-state index contributed by atoms with van der Waals surface area (Å²) >= 11 is 23.8. The molecule has 4 N–H and O–H groups in total. The first-order valence-electron chi connectivity index (χ1n) is 2.98. The highest BCUT2D eigenvalue weighted by molar-refractivity contribution is 8.11. The fraction of sp³-hybridized carbons (Fsp3) is 0.400. The van der Waals surface area contributed by atoms with Crippen LogP contribution in [-0.4, -0.2) is 32.0 Å². The molecule has 3 nitrogen and oxygen atoms in total. The fourth-order valence-corrected chi connectivity index (χ4v) is 0. The first-order chi connectivity index (χ1) is 6.11. The van der Waals surface area contributed by atoms with Gasteiger partial charge in [-0.3, -0.25) is 0 Å². The van der Waals surface area contributed by atoms with E-state index in [2.05, 4.69) is 74.5 Å². The van der Waals surface area contributed by atoms with E-state index >= 15 is 0 Å². The fourth-order valence-electron chi connectivity index (χ4n) is 0. The highest BCUT2D eigenvalue weighted by Gasteiger charge is 1.83. The Labute approximate surface area is 117 Å². The van der Waals surface area contributed by atoms with Crippen molar-refractivity contribution in [1.29, 1.82) is 0 Å². The van der Waals surface area contributed by atoms with E-state index in [9.17, 15) is 0 Å². The van der Waals surface area contributed by atoms with E-state index < -0.39 is 0 Å². The van der Waals surface area contributed by atoms with E-state index in [1.54, 1.807) is 4.90 Å². The van der Waals surface area contributed by atoms with Crippen molar-refractivity contribution in [3.63, 3.8) is 0 Å². The lowest BCUT2D eigenvalue weighted by Crippen LogP contribution is -2.12. The monoisotopic (exact) mass is 307 g/mol. The van der Waals surface area contributed by atoms with Gasteiger partial charge in [-0.1, -0.05) is 36.7 Å². The molecule has 0 atom stereocenters. The van der Waals surface area contributed by atoms with Gasteiger partial charge < -0.3 is 16.4 Å². The van der Waals surface area contributed by atoms with Crippen molar-refractivity contribution < 1.29 is 0 Å². The van der Waals surface area contributed by atoms with Crippen LogP contribution in [0.2, 0.25) is 0 Å². The zero-order valence-electron chi connectivity index (χ0n) is 7.67. The van der Waals surface area contributed by atoms with Crippen LogP contribution in [0.1, 0.15) is 0 Å². The first-order valence-corrected chi connectivity index (χ1v) is 5.54. The first kappa shape index (κ1) is 20.2. The van der Waals surface area contributed by atoms with Crippen LogP contribution < -0.4 is 11.5 Å². The average molecular weight is 308 g/mol. The van der Waals surface area contributed by atoms with Crippen LogP contribution in [0.5, 0.6) is 0 Å². The minimum absolute atomic E-state index is 0.194. The Hall–Kier alpha value is 0.720. The number of nitrogens with zero attached hydrogens (tertiary/aromatic N) is 1. The van der Waals surface area contributed by atoms with Crippen molar-refractivity contribution in [2.24, 2.45) is 11.5 Å². The molecule has 14 heavy (non-hydrogen) atoms. The molecule has 0 aliphatic rings. The molecule has 0 bridgehead atoms. The molecule has 0 spiro atoms. The Morgan fingerprint density at radius 3 is 1.00 bits per heavy atom. The van der Waals surface area contributed by atoms with Crippen molar-refractivity contribution in [3.8, 4) is 0 Å². The van der Waals surface area contributed by atoms with Gasteiger partial charge in [-0.2, -0.15) is 0 Å². The van der Waals surface area contributed by atoms with Crippen molar-refractivity contribution >= 4 is 87.5 Å². The lowest BCUT2D eigenvalue weighted by molar-refractivity contribution is 0.648. The summed E-state index contributed by atoms with van der Waals surface area (Å²) in [6.07, 6.45) is 0. The third kappa shape index (κ3) is 78.4. The maximum Gasteiger partial charge on any atom is 0.132 e. The van der Waals surface area contributed by atoms with E-state index in [1.165, 1.54) is 0 Å². The molecule has 0 fully saturated rings. The molecule has 0 aliphatic carbocycles. The second kappa shape index (κ2) is 13.7. The summed E-state index contributed by atoms with van der Waals surface area (Å²) in [6.45, 7) is 0. The van der Waals surface area contributed by atoms with E-state index in [1.807, 2.05) is 14.1 Å². The van der Waals surface area contributed by atoms with Crippen LogP contribution in [0, 0.1) is 0 Å². The minimum Gasteiger partial charge on any atom is -0.385 e. The molecule has 0 saturated heterocycles. The molecule has 9 heteroatoms. The molecule has 0 radical (unpaired) electrons. The molecule has 0 aromatic rings. The summed E-state index contributed by atoms with van der Waals surface area (Å²) in [5, 5.41) is 0. The molecular weight excluding hydrogens is 294 g/mol. The SMILES string of the molecule is CN(C)C(=S)S.NC(=S)S.NC(=S)S. The number of rotatable bonds is 0. The number of thiol groups is 3. The molecule has 0 unspecified atom stereocenters. The molecule has 0 aromatic carbocycles. The summed E-state index contributed by atoms with van der Waals surface area (Å²) < 4.78 is 1.01. The van der Waals surface area contributed by atoms with Crippen molar-refractivity contribution in [2.45, 2.75) is 0 Å². The van der Waals surface area contributed by atoms with Gasteiger partial charge in [0.25, 0.3) is 0 Å². The van der Waals surface area contributed by atoms with E-state index in [-0.39, 0.29) is 8.64 Å². The normalized spacial score (nSPS) is 6.93. The third-order valence-electron chi connectivity index (χ3n) is 0.383. The van der Waals surface area contributed by atoms with E-state index in [0.717, 1.165) is 0 Å². The van der Waals surface area contributed by atoms with Crippen LogP contribution in [0.15, 0.2) is 0 Å². The summed E-state index contributed by atoms with van der Waals surface area (Å²) in [4.78, 5) is 1.76. The van der Waals surface area contributed by atoms with Crippen molar-refractivity contribution in [2.75, 3.05) is 14.1 Å². The summed E-state index contributed by atoms with van der Waals surface area (Å²) in [6, 6.07) is 0. The Morgan fingerprint density at radius 2 is 1.00 bits per heavy atom. The van der Waals surface area contributed by atoms with Gasteiger partial charge in [-0.05, 0) is 0 Å². The van der Waals surface area contributed by atoms with Crippen molar-refractivity contribution in [1.82, 2.24) is 4.90 Å². The Kier molecular flexibility index (Phi) is 19.8. The van der Waals surface area contributed by atoms with Gasteiger partial charge in [0.15, 0.2) is 0 Å². The minimum atomic E-state index is 0.194. The van der Waals surface area contributed by atoms with Crippen LogP contribution in [-0.2, 0) is 0 Å². The molecule has 0 heterocycles. The maximum atomic E-state index is 4.71. The lowest BCUT2D eigenvalue weighted by Gasteiger charge is -2.05. The highest BCUT2D eigenvalue weighted by Crippen LogP contribution is 1.84. The molecule has 84 valence electrons. The Morgan fingerprint density at radius 1 is 0.929 bits per heavy atom. The molecule has 0 aromatic heterocycles. The maximum absolute atomic E-state index is 4.71. The lowest BCUT2D eigenvalue weighted by atomic mass is 11.0. The van der Waals surface area contributed by atoms with Gasteiger partial charge in [0.05, 0.1) is 0 Å². The average Bonchev–Trinajstić information content (AvgIpc) is 1.83. The Balaban J connectivity index is -0.000000135. The summed E-state index contributed by atoms with van der Waals surface area (Å²) in [5.41, 5.74) is 9.41. The quantitative estimate of drug-likeness (QED) is 0.341. The van der Waals surface area contributed by atoms with Gasteiger partial charge in [0.2, 0.25) is 0 Å². The molecule has 0 rings (SSSR count). The molecule has 0 aliphatic heterocycles. The summed E-state index contributed by atoms with van der Waals surface area (Å²) in [5.74, 6) is 0. The van der Waals surface area contributed by atoms with E-state index in [4.69, 9.17) is 11.5 Å². The van der Waals surface area contributed by atoms with Gasteiger partial charge in [0, 0.05) is 14.1 Å².